The molecular formula is C26H31N3O. The topological polar surface area (TPSA) is 37.3 Å². The number of hydrogen-bond donors (Lipinski definition) is 1. The fourth-order valence-corrected chi connectivity index (χ4v) is 4.13. The number of nitrogens with one attached hydrogen (secondary N) is 1. The van der Waals surface area contributed by atoms with Crippen LogP contribution in [0.25, 0.3) is 0 Å². The van der Waals surface area contributed by atoms with Crippen LogP contribution in [-0.4, -0.2) is 22.0 Å². The molecular weight excluding hydrogens is 370 g/mol. The van der Waals surface area contributed by atoms with Crippen molar-refractivity contribution in [2.75, 3.05) is 11.9 Å². The van der Waals surface area contributed by atoms with Crippen molar-refractivity contribution in [2.24, 2.45) is 0 Å². The molecule has 0 spiro atoms. The summed E-state index contributed by atoms with van der Waals surface area (Å²) in [6.45, 7) is 12.3. The number of amides is 2. The average Bonchev–Trinajstić information content (AvgIpc) is 3.18. The van der Waals surface area contributed by atoms with Gasteiger partial charge in [-0.05, 0) is 65.8 Å². The van der Waals surface area contributed by atoms with Gasteiger partial charge in [-0.3, -0.25) is 0 Å². The summed E-state index contributed by atoms with van der Waals surface area (Å²) in [5.74, 6) is 0. The summed E-state index contributed by atoms with van der Waals surface area (Å²) in [5, 5.41) is 3.12. The predicted molar refractivity (Wildman–Crippen MR) is 123 cm³/mol. The first-order chi connectivity index (χ1) is 14.2. The summed E-state index contributed by atoms with van der Waals surface area (Å²) in [6, 6.07) is 18.8. The average molecular weight is 402 g/mol. The maximum Gasteiger partial charge on any atom is 0.322 e. The quantitative estimate of drug-likeness (QED) is 0.558. The molecule has 1 unspecified atom stereocenters. The van der Waals surface area contributed by atoms with E-state index in [1.807, 2.05) is 17.0 Å². The van der Waals surface area contributed by atoms with E-state index in [-0.39, 0.29) is 17.5 Å². The molecule has 0 aliphatic carbocycles. The fourth-order valence-electron chi connectivity index (χ4n) is 4.13. The summed E-state index contributed by atoms with van der Waals surface area (Å²) in [6.07, 6.45) is 2.10. The summed E-state index contributed by atoms with van der Waals surface area (Å²) in [7, 11) is 0. The predicted octanol–water partition coefficient (Wildman–Crippen LogP) is 6.04. The Labute approximate surface area is 179 Å². The Hall–Kier alpha value is -3.01. The Morgan fingerprint density at radius 3 is 2.37 bits per heavy atom. The summed E-state index contributed by atoms with van der Waals surface area (Å²) < 4.78 is 2.25. The molecule has 0 bridgehead atoms. The molecule has 3 aromatic rings. The molecule has 4 heteroatoms. The van der Waals surface area contributed by atoms with Gasteiger partial charge in [-0.1, -0.05) is 51.1 Å². The second-order valence-electron chi connectivity index (χ2n) is 9.32. The van der Waals surface area contributed by atoms with Crippen molar-refractivity contribution >= 4 is 11.7 Å². The van der Waals surface area contributed by atoms with Crippen LogP contribution in [0.4, 0.5) is 10.5 Å². The van der Waals surface area contributed by atoms with Crippen molar-refractivity contribution in [2.45, 2.75) is 52.6 Å². The lowest BCUT2D eigenvalue weighted by atomic mass is 9.86. The van der Waals surface area contributed by atoms with E-state index in [1.165, 1.54) is 16.7 Å². The van der Waals surface area contributed by atoms with Gasteiger partial charge >= 0.3 is 6.03 Å². The normalized spacial score (nSPS) is 16.3. The highest BCUT2D eigenvalue weighted by molar-refractivity contribution is 5.90. The fraction of sp³-hybridized carbons (Fsp3) is 0.346. The Kier molecular flexibility index (Phi) is 5.19. The molecule has 1 atom stereocenters. The van der Waals surface area contributed by atoms with Crippen LogP contribution in [0.3, 0.4) is 0 Å². The number of fused-ring (bicyclic) bond motifs is 1. The first-order valence-corrected chi connectivity index (χ1v) is 10.6. The van der Waals surface area contributed by atoms with Crippen LogP contribution in [0, 0.1) is 13.8 Å². The van der Waals surface area contributed by atoms with Crippen LogP contribution >= 0.6 is 0 Å². The molecule has 2 amide bonds. The van der Waals surface area contributed by atoms with Gasteiger partial charge in [-0.2, -0.15) is 0 Å². The van der Waals surface area contributed by atoms with Crippen LogP contribution in [0.1, 0.15) is 54.8 Å². The molecule has 2 aromatic carbocycles. The maximum absolute atomic E-state index is 13.3. The van der Waals surface area contributed by atoms with E-state index in [0.29, 0.717) is 6.54 Å². The number of carbonyl (C=O) groups is 1. The summed E-state index contributed by atoms with van der Waals surface area (Å²) in [5.41, 5.74) is 6.92. The first-order valence-electron chi connectivity index (χ1n) is 10.6. The van der Waals surface area contributed by atoms with E-state index in [9.17, 15) is 4.79 Å². The molecule has 1 N–H and O–H groups in total. The Balaban J connectivity index is 1.66. The van der Waals surface area contributed by atoms with E-state index in [0.717, 1.165) is 23.5 Å². The Morgan fingerprint density at radius 2 is 1.70 bits per heavy atom. The lowest BCUT2D eigenvalue weighted by Crippen LogP contribution is -2.44. The largest absolute Gasteiger partial charge is 0.348 e. The number of hydrogen-bond acceptors (Lipinski definition) is 1. The van der Waals surface area contributed by atoms with Crippen LogP contribution in [0.15, 0.2) is 60.8 Å². The van der Waals surface area contributed by atoms with Gasteiger partial charge < -0.3 is 14.8 Å². The monoisotopic (exact) mass is 401 g/mol. The van der Waals surface area contributed by atoms with E-state index in [2.05, 4.69) is 93.2 Å². The van der Waals surface area contributed by atoms with Crippen molar-refractivity contribution in [3.63, 3.8) is 0 Å². The van der Waals surface area contributed by atoms with Crippen molar-refractivity contribution in [3.05, 3.63) is 88.7 Å². The second-order valence-corrected chi connectivity index (χ2v) is 9.32. The number of aryl methyl sites for hydroxylation is 2. The molecule has 1 aliphatic heterocycles. The van der Waals surface area contributed by atoms with Crippen molar-refractivity contribution < 1.29 is 4.79 Å². The van der Waals surface area contributed by atoms with Gasteiger partial charge in [0.05, 0.1) is 6.04 Å². The molecule has 0 radical (unpaired) electrons. The number of urea groups is 1. The number of rotatable bonds is 2. The smallest absolute Gasteiger partial charge is 0.322 e. The lowest BCUT2D eigenvalue weighted by Gasteiger charge is -2.37. The van der Waals surface area contributed by atoms with Crippen LogP contribution in [0.2, 0.25) is 0 Å². The third-order valence-electron chi connectivity index (χ3n) is 6.15. The molecule has 1 aliphatic rings. The zero-order chi connectivity index (χ0) is 21.5. The van der Waals surface area contributed by atoms with E-state index < -0.39 is 0 Å². The zero-order valence-corrected chi connectivity index (χ0v) is 18.6. The zero-order valence-electron chi connectivity index (χ0n) is 18.6. The van der Waals surface area contributed by atoms with Gasteiger partial charge in [-0.25, -0.2) is 4.79 Å². The minimum absolute atomic E-state index is 0.0596. The highest BCUT2D eigenvalue weighted by Gasteiger charge is 2.32. The molecule has 0 saturated carbocycles. The second kappa shape index (κ2) is 7.67. The number of benzene rings is 2. The molecule has 156 valence electrons. The SMILES string of the molecule is Cc1ccc(NC(=O)N2CCn3cccc3C2c2ccc(C(C)(C)C)cc2)cc1C. The molecule has 2 heterocycles. The summed E-state index contributed by atoms with van der Waals surface area (Å²) >= 11 is 0. The third kappa shape index (κ3) is 3.87. The minimum atomic E-state index is -0.102. The molecule has 4 nitrogen and oxygen atoms in total. The highest BCUT2D eigenvalue weighted by Crippen LogP contribution is 2.34. The minimum Gasteiger partial charge on any atom is -0.348 e. The number of carbonyl (C=O) groups excluding carboxylic acids is 1. The van der Waals surface area contributed by atoms with Crippen LogP contribution in [-0.2, 0) is 12.0 Å². The highest BCUT2D eigenvalue weighted by atomic mass is 16.2. The standard InChI is InChI=1S/C26H31N3O/c1-18-8-13-22(17-19(18)2)27-25(30)29-16-15-28-14-6-7-23(28)24(29)20-9-11-21(12-10-20)26(3,4)5/h6-14,17,24H,15-16H2,1-5H3,(H,27,30). The third-order valence-corrected chi connectivity index (χ3v) is 6.15. The maximum atomic E-state index is 13.3. The van der Waals surface area contributed by atoms with Gasteiger partial charge in [0.1, 0.15) is 0 Å². The Bertz CT molecular complexity index is 1060. The van der Waals surface area contributed by atoms with E-state index in [1.54, 1.807) is 0 Å². The Morgan fingerprint density at radius 1 is 0.967 bits per heavy atom. The van der Waals surface area contributed by atoms with Crippen LogP contribution < -0.4 is 5.32 Å². The number of anilines is 1. The lowest BCUT2D eigenvalue weighted by molar-refractivity contribution is 0.182. The molecule has 0 saturated heterocycles. The van der Waals surface area contributed by atoms with Gasteiger partial charge in [0.15, 0.2) is 0 Å². The molecule has 0 fully saturated rings. The van der Waals surface area contributed by atoms with Gasteiger partial charge in [0.25, 0.3) is 0 Å². The van der Waals surface area contributed by atoms with Crippen LogP contribution in [0.5, 0.6) is 0 Å². The molecule has 30 heavy (non-hydrogen) atoms. The molecule has 4 rings (SSSR count). The molecule has 1 aromatic heterocycles. The number of nitrogens with zero attached hydrogens (tertiary/aromatic N) is 2. The van der Waals surface area contributed by atoms with Crippen molar-refractivity contribution in [3.8, 4) is 0 Å². The number of aromatic nitrogens is 1. The first kappa shape index (κ1) is 20.3. The van der Waals surface area contributed by atoms with E-state index in [4.69, 9.17) is 0 Å². The van der Waals surface area contributed by atoms with Crippen molar-refractivity contribution in [1.82, 2.24) is 9.47 Å². The van der Waals surface area contributed by atoms with E-state index >= 15 is 0 Å². The summed E-state index contributed by atoms with van der Waals surface area (Å²) in [4.78, 5) is 15.3. The van der Waals surface area contributed by atoms with Gasteiger partial charge in [-0.15, -0.1) is 0 Å². The van der Waals surface area contributed by atoms with Gasteiger partial charge in [0.2, 0.25) is 0 Å². The van der Waals surface area contributed by atoms with Gasteiger partial charge in [0, 0.05) is 30.7 Å². The van der Waals surface area contributed by atoms with Crippen molar-refractivity contribution in [1.29, 1.82) is 0 Å².